The van der Waals surface area contributed by atoms with Crippen LogP contribution in [0.15, 0.2) is 47.5 Å². The Morgan fingerprint density at radius 1 is 0.933 bits per heavy atom. The van der Waals surface area contributed by atoms with Gasteiger partial charge >= 0.3 is 0 Å². The summed E-state index contributed by atoms with van der Waals surface area (Å²) in [4.78, 5) is 9.30. The van der Waals surface area contributed by atoms with Crippen molar-refractivity contribution in [3.63, 3.8) is 0 Å². The lowest BCUT2D eigenvalue weighted by Crippen LogP contribution is -2.43. The highest BCUT2D eigenvalue weighted by molar-refractivity contribution is 5.77. The molecule has 0 atom stereocenters. The fraction of sp³-hybridized carbons (Fsp3) is 0.435. The first-order chi connectivity index (χ1) is 14.6. The Hall–Kier alpha value is -2.77. The van der Waals surface area contributed by atoms with Crippen LogP contribution in [0.1, 0.15) is 16.7 Å². The Morgan fingerprint density at radius 3 is 2.23 bits per heavy atom. The van der Waals surface area contributed by atoms with Crippen molar-refractivity contribution in [1.29, 1.82) is 0 Å². The lowest BCUT2D eigenvalue weighted by Gasteiger charge is -2.32. The van der Waals surface area contributed by atoms with Gasteiger partial charge in [-0.2, -0.15) is 0 Å². The standard InChI is InChI=1S/C23H33N5O2/c1-27-10-12-28(13-11-27)17-19-6-4-18(5-7-19)15-25-23(24)26-16-20-8-9-21(29-2)22(14-20)30-3/h4-9,14H,10-13,15-17H2,1-3H3,(H3,24,25,26). The molecule has 0 unspecified atom stereocenters. The van der Waals surface area contributed by atoms with Crippen LogP contribution < -0.4 is 20.5 Å². The molecule has 1 heterocycles. The normalized spacial score (nSPS) is 15.8. The highest BCUT2D eigenvalue weighted by atomic mass is 16.5. The van der Waals surface area contributed by atoms with Gasteiger partial charge in [-0.3, -0.25) is 4.90 Å². The van der Waals surface area contributed by atoms with Crippen molar-refractivity contribution >= 4 is 5.96 Å². The maximum atomic E-state index is 6.03. The summed E-state index contributed by atoms with van der Waals surface area (Å²) in [5, 5.41) is 3.18. The van der Waals surface area contributed by atoms with Crippen LogP contribution in [0.25, 0.3) is 0 Å². The second-order valence-electron chi connectivity index (χ2n) is 7.64. The predicted octanol–water partition coefficient (Wildman–Crippen LogP) is 2.06. The number of methoxy groups -OCH3 is 2. The summed E-state index contributed by atoms with van der Waals surface area (Å²) < 4.78 is 10.6. The molecule has 0 spiro atoms. The summed E-state index contributed by atoms with van der Waals surface area (Å²) in [7, 11) is 5.43. The summed E-state index contributed by atoms with van der Waals surface area (Å²) in [5.41, 5.74) is 9.57. The summed E-state index contributed by atoms with van der Waals surface area (Å²) >= 11 is 0. The third kappa shape index (κ3) is 6.37. The van der Waals surface area contributed by atoms with Gasteiger partial charge in [0.25, 0.3) is 0 Å². The first-order valence-corrected chi connectivity index (χ1v) is 10.3. The smallest absolute Gasteiger partial charge is 0.189 e. The van der Waals surface area contributed by atoms with E-state index < -0.39 is 0 Å². The summed E-state index contributed by atoms with van der Waals surface area (Å²) in [5.74, 6) is 1.81. The van der Waals surface area contributed by atoms with E-state index in [0.29, 0.717) is 30.5 Å². The van der Waals surface area contributed by atoms with E-state index >= 15 is 0 Å². The third-order valence-electron chi connectivity index (χ3n) is 5.38. The number of benzene rings is 2. The average Bonchev–Trinajstić information content (AvgIpc) is 2.78. The van der Waals surface area contributed by atoms with Crippen LogP contribution in [0.3, 0.4) is 0 Å². The van der Waals surface area contributed by atoms with Gasteiger partial charge in [-0.25, -0.2) is 4.99 Å². The van der Waals surface area contributed by atoms with Crippen molar-refractivity contribution in [2.75, 3.05) is 47.4 Å². The molecule has 0 saturated carbocycles. The Labute approximate surface area is 179 Å². The number of nitrogens with one attached hydrogen (secondary N) is 1. The molecule has 1 saturated heterocycles. The van der Waals surface area contributed by atoms with Crippen LogP contribution in [-0.4, -0.2) is 63.2 Å². The molecule has 0 radical (unpaired) electrons. The van der Waals surface area contributed by atoms with Crippen LogP contribution in [0.5, 0.6) is 11.5 Å². The summed E-state index contributed by atoms with van der Waals surface area (Å²) in [6, 6.07) is 14.4. The average molecular weight is 412 g/mol. The lowest BCUT2D eigenvalue weighted by atomic mass is 10.1. The van der Waals surface area contributed by atoms with Crippen molar-refractivity contribution in [3.8, 4) is 11.5 Å². The summed E-state index contributed by atoms with van der Waals surface area (Å²) in [6.45, 7) is 6.68. The zero-order valence-electron chi connectivity index (χ0n) is 18.2. The van der Waals surface area contributed by atoms with E-state index in [1.165, 1.54) is 11.1 Å². The van der Waals surface area contributed by atoms with Crippen LogP contribution >= 0.6 is 0 Å². The fourth-order valence-electron chi connectivity index (χ4n) is 3.43. The van der Waals surface area contributed by atoms with E-state index in [4.69, 9.17) is 15.2 Å². The minimum absolute atomic E-state index is 0.422. The lowest BCUT2D eigenvalue weighted by molar-refractivity contribution is 0.148. The SMILES string of the molecule is COc1ccc(CN=C(N)NCc2ccc(CN3CCN(C)CC3)cc2)cc1OC. The van der Waals surface area contributed by atoms with Gasteiger partial charge < -0.3 is 25.4 Å². The van der Waals surface area contributed by atoms with Crippen molar-refractivity contribution in [1.82, 2.24) is 15.1 Å². The number of ether oxygens (including phenoxy) is 2. The minimum Gasteiger partial charge on any atom is -0.493 e. The molecule has 2 aromatic carbocycles. The quantitative estimate of drug-likeness (QED) is 0.512. The number of likely N-dealkylation sites (N-methyl/N-ethyl adjacent to an activating group) is 1. The van der Waals surface area contributed by atoms with E-state index in [9.17, 15) is 0 Å². The Bertz CT molecular complexity index is 830. The molecule has 1 aliphatic rings. The molecule has 1 fully saturated rings. The van der Waals surface area contributed by atoms with Gasteiger partial charge in [0.15, 0.2) is 17.5 Å². The Balaban J connectivity index is 1.46. The molecule has 30 heavy (non-hydrogen) atoms. The minimum atomic E-state index is 0.422. The molecule has 7 nitrogen and oxygen atoms in total. The van der Waals surface area contributed by atoms with Gasteiger partial charge in [0.2, 0.25) is 0 Å². The number of aliphatic imine (C=N–C) groups is 1. The molecule has 162 valence electrons. The zero-order valence-corrected chi connectivity index (χ0v) is 18.2. The molecular formula is C23H33N5O2. The van der Waals surface area contributed by atoms with Crippen molar-refractivity contribution in [3.05, 3.63) is 59.2 Å². The van der Waals surface area contributed by atoms with Crippen LogP contribution in [0.4, 0.5) is 0 Å². The molecule has 0 aliphatic carbocycles. The van der Waals surface area contributed by atoms with Crippen molar-refractivity contribution < 1.29 is 9.47 Å². The predicted molar refractivity (Wildman–Crippen MR) is 121 cm³/mol. The molecule has 2 aromatic rings. The van der Waals surface area contributed by atoms with Crippen LogP contribution in [0, 0.1) is 0 Å². The number of nitrogens with two attached hydrogens (primary N) is 1. The number of nitrogens with zero attached hydrogens (tertiary/aromatic N) is 3. The van der Waals surface area contributed by atoms with Gasteiger partial charge in [0.1, 0.15) is 0 Å². The largest absolute Gasteiger partial charge is 0.493 e. The number of piperazine rings is 1. The van der Waals surface area contributed by atoms with E-state index in [-0.39, 0.29) is 0 Å². The maximum absolute atomic E-state index is 6.03. The maximum Gasteiger partial charge on any atom is 0.189 e. The second kappa shape index (κ2) is 10.8. The molecule has 0 bridgehead atoms. The van der Waals surface area contributed by atoms with Crippen molar-refractivity contribution in [2.24, 2.45) is 10.7 Å². The highest BCUT2D eigenvalue weighted by Crippen LogP contribution is 2.27. The Morgan fingerprint density at radius 2 is 1.57 bits per heavy atom. The number of hydrogen-bond acceptors (Lipinski definition) is 5. The number of hydrogen-bond donors (Lipinski definition) is 2. The van der Waals surface area contributed by atoms with Crippen LogP contribution in [-0.2, 0) is 19.6 Å². The number of rotatable bonds is 8. The molecule has 3 rings (SSSR count). The van der Waals surface area contributed by atoms with Gasteiger partial charge in [0.05, 0.1) is 20.8 Å². The van der Waals surface area contributed by atoms with E-state index in [2.05, 4.69) is 51.4 Å². The van der Waals surface area contributed by atoms with Gasteiger partial charge in [-0.05, 0) is 35.9 Å². The molecule has 7 heteroatoms. The topological polar surface area (TPSA) is 75.4 Å². The molecule has 0 amide bonds. The molecule has 3 N–H and O–H groups in total. The van der Waals surface area contributed by atoms with Crippen molar-refractivity contribution in [2.45, 2.75) is 19.6 Å². The fourth-order valence-corrected chi connectivity index (χ4v) is 3.43. The Kier molecular flexibility index (Phi) is 7.93. The second-order valence-corrected chi connectivity index (χ2v) is 7.64. The zero-order chi connectivity index (χ0) is 21.3. The van der Waals surface area contributed by atoms with Gasteiger partial charge in [-0.1, -0.05) is 30.3 Å². The van der Waals surface area contributed by atoms with Crippen LogP contribution in [0.2, 0.25) is 0 Å². The third-order valence-corrected chi connectivity index (χ3v) is 5.38. The highest BCUT2D eigenvalue weighted by Gasteiger charge is 2.13. The monoisotopic (exact) mass is 411 g/mol. The molecular weight excluding hydrogens is 378 g/mol. The summed E-state index contributed by atoms with van der Waals surface area (Å²) in [6.07, 6.45) is 0. The van der Waals surface area contributed by atoms with Gasteiger partial charge in [0, 0.05) is 39.3 Å². The van der Waals surface area contributed by atoms with E-state index in [0.717, 1.165) is 38.3 Å². The molecule has 1 aliphatic heterocycles. The van der Waals surface area contributed by atoms with E-state index in [1.54, 1.807) is 14.2 Å². The first kappa shape index (κ1) is 21.9. The number of guanidine groups is 1. The van der Waals surface area contributed by atoms with Gasteiger partial charge in [-0.15, -0.1) is 0 Å². The first-order valence-electron chi connectivity index (χ1n) is 10.3. The molecule has 0 aromatic heterocycles. The van der Waals surface area contributed by atoms with E-state index in [1.807, 2.05) is 18.2 Å².